The van der Waals surface area contributed by atoms with Gasteiger partial charge in [-0.1, -0.05) is 13.8 Å². The number of hydrogen-bond donors (Lipinski definition) is 4. The molecule has 1 heterocycles. The molecule has 1 saturated heterocycles. The Kier molecular flexibility index (Phi) is 1.92. The van der Waals surface area contributed by atoms with Crippen LogP contribution in [0.2, 0.25) is 0 Å². The summed E-state index contributed by atoms with van der Waals surface area (Å²) in [5.74, 6) is -2.49. The fraction of sp³-hybridized carbons (Fsp3) is 0.750. The van der Waals surface area contributed by atoms with Crippen LogP contribution in [-0.4, -0.2) is 38.5 Å². The van der Waals surface area contributed by atoms with E-state index in [1.807, 2.05) is 5.32 Å². The maximum atomic E-state index is 11.2. The second-order valence-electron chi connectivity index (χ2n) is 4.17. The first kappa shape index (κ1) is 10.9. The molecule has 0 bridgehead atoms. The average Bonchev–Trinajstić information content (AvgIpc) is 2.12. The average molecular weight is 203 g/mol. The first-order valence-electron chi connectivity index (χ1n) is 4.08. The van der Waals surface area contributed by atoms with Crippen molar-refractivity contribution in [2.45, 2.75) is 32.1 Å². The molecule has 0 unspecified atom stereocenters. The fourth-order valence-electron chi connectivity index (χ4n) is 1.40. The van der Waals surface area contributed by atoms with Crippen molar-refractivity contribution in [3.05, 3.63) is 0 Å². The third-order valence-electron chi connectivity index (χ3n) is 3.17. The molecule has 0 aromatic rings. The lowest BCUT2D eigenvalue weighted by Crippen LogP contribution is -2.59. The van der Waals surface area contributed by atoms with E-state index in [1.165, 1.54) is 20.8 Å². The molecule has 0 saturated carbocycles. The molecule has 0 spiro atoms. The minimum absolute atomic E-state index is 0.896. The van der Waals surface area contributed by atoms with Crippen molar-refractivity contribution >= 4 is 11.9 Å². The first-order chi connectivity index (χ1) is 6.07. The third-order valence-corrected chi connectivity index (χ3v) is 3.17. The molecule has 1 amide bonds. The smallest absolute Gasteiger partial charge is 0.357 e. The molecule has 6 nitrogen and oxygen atoms in total. The van der Waals surface area contributed by atoms with Crippen LogP contribution >= 0.6 is 0 Å². The van der Waals surface area contributed by atoms with Gasteiger partial charge in [-0.2, -0.15) is 0 Å². The summed E-state index contributed by atoms with van der Waals surface area (Å²) in [7, 11) is 0. The highest BCUT2D eigenvalue weighted by atomic mass is 16.4. The minimum atomic E-state index is -2.44. The number of hydrogen-bond acceptors (Lipinski definition) is 4. The Labute approximate surface area is 80.5 Å². The lowest BCUT2D eigenvalue weighted by atomic mass is 9.72. The summed E-state index contributed by atoms with van der Waals surface area (Å²) in [6.07, 6.45) is 0. The monoisotopic (exact) mass is 203 g/mol. The van der Waals surface area contributed by atoms with Gasteiger partial charge in [0.15, 0.2) is 5.60 Å². The van der Waals surface area contributed by atoms with Crippen LogP contribution in [0, 0.1) is 5.41 Å². The van der Waals surface area contributed by atoms with E-state index in [-0.39, 0.29) is 0 Å². The van der Waals surface area contributed by atoms with Gasteiger partial charge in [-0.3, -0.25) is 4.79 Å². The van der Waals surface area contributed by atoms with Crippen molar-refractivity contribution in [2.24, 2.45) is 5.41 Å². The van der Waals surface area contributed by atoms with Crippen LogP contribution in [0.4, 0.5) is 0 Å². The molecule has 4 N–H and O–H groups in total. The zero-order valence-corrected chi connectivity index (χ0v) is 8.16. The Hall–Kier alpha value is -1.14. The van der Waals surface area contributed by atoms with Gasteiger partial charge in [0, 0.05) is 0 Å². The number of amides is 1. The van der Waals surface area contributed by atoms with E-state index in [1.54, 1.807) is 0 Å². The van der Waals surface area contributed by atoms with Gasteiger partial charge in [0.2, 0.25) is 5.72 Å². The number of carboxylic acid groups (broad SMARTS) is 1. The van der Waals surface area contributed by atoms with Crippen LogP contribution in [-0.2, 0) is 9.59 Å². The summed E-state index contributed by atoms with van der Waals surface area (Å²) in [6, 6.07) is 0. The Morgan fingerprint density at radius 2 is 1.71 bits per heavy atom. The predicted octanol–water partition coefficient (Wildman–Crippen LogP) is -1.33. The van der Waals surface area contributed by atoms with Gasteiger partial charge < -0.3 is 20.6 Å². The lowest BCUT2D eigenvalue weighted by Gasteiger charge is -2.36. The zero-order valence-electron chi connectivity index (χ0n) is 8.16. The Morgan fingerprint density at radius 1 is 1.29 bits per heavy atom. The molecule has 0 aromatic heterocycles. The van der Waals surface area contributed by atoms with Crippen molar-refractivity contribution in [1.29, 1.82) is 0 Å². The van der Waals surface area contributed by atoms with E-state index < -0.39 is 28.6 Å². The summed E-state index contributed by atoms with van der Waals surface area (Å²) in [4.78, 5) is 22.0. The number of carbonyl (C=O) groups is 2. The number of aliphatic carboxylic acids is 1. The number of carbonyl (C=O) groups excluding carboxylic acids is 1. The standard InChI is InChI=1S/C8H13NO5/c1-6(2)7(3,13)4(10)9-8(6,14)5(11)12/h13-14H,1-3H3,(H,9,10)(H,11,12)/t7-,8+/m1/s1. The van der Waals surface area contributed by atoms with Crippen LogP contribution in [0.25, 0.3) is 0 Å². The molecule has 1 rings (SSSR count). The Bertz CT molecular complexity index is 309. The van der Waals surface area contributed by atoms with E-state index >= 15 is 0 Å². The molecule has 0 aliphatic carbocycles. The van der Waals surface area contributed by atoms with Gasteiger partial charge in [0.25, 0.3) is 5.91 Å². The molecule has 1 fully saturated rings. The number of aliphatic hydroxyl groups is 2. The molecule has 14 heavy (non-hydrogen) atoms. The normalized spacial score (nSPS) is 40.8. The van der Waals surface area contributed by atoms with Gasteiger partial charge >= 0.3 is 5.97 Å². The van der Waals surface area contributed by atoms with Gasteiger partial charge in [-0.05, 0) is 6.92 Å². The molecule has 0 radical (unpaired) electrons. The highest BCUT2D eigenvalue weighted by molar-refractivity contribution is 5.96. The Balaban J connectivity index is 3.31. The molecule has 80 valence electrons. The van der Waals surface area contributed by atoms with Crippen molar-refractivity contribution in [3.63, 3.8) is 0 Å². The van der Waals surface area contributed by atoms with Gasteiger partial charge in [0.1, 0.15) is 0 Å². The van der Waals surface area contributed by atoms with E-state index in [9.17, 15) is 19.8 Å². The van der Waals surface area contributed by atoms with Gasteiger partial charge in [0.05, 0.1) is 5.41 Å². The van der Waals surface area contributed by atoms with Crippen molar-refractivity contribution < 1.29 is 24.9 Å². The quantitative estimate of drug-likeness (QED) is 0.422. The summed E-state index contributed by atoms with van der Waals surface area (Å²) >= 11 is 0. The van der Waals surface area contributed by atoms with Gasteiger partial charge in [-0.25, -0.2) is 4.79 Å². The maximum absolute atomic E-state index is 11.2. The molecule has 1 aliphatic rings. The maximum Gasteiger partial charge on any atom is 0.357 e. The highest BCUT2D eigenvalue weighted by Crippen LogP contribution is 2.45. The van der Waals surface area contributed by atoms with Gasteiger partial charge in [-0.15, -0.1) is 0 Å². The van der Waals surface area contributed by atoms with Crippen molar-refractivity contribution in [3.8, 4) is 0 Å². The van der Waals surface area contributed by atoms with Crippen LogP contribution in [0.1, 0.15) is 20.8 Å². The molecule has 2 atom stereocenters. The summed E-state index contributed by atoms with van der Waals surface area (Å²) < 4.78 is 0. The van der Waals surface area contributed by atoms with Crippen LogP contribution in [0.3, 0.4) is 0 Å². The lowest BCUT2D eigenvalue weighted by molar-refractivity contribution is -0.184. The third kappa shape index (κ3) is 0.921. The summed E-state index contributed by atoms with van der Waals surface area (Å²) in [5.41, 5.74) is -5.86. The molecule has 1 aliphatic heterocycles. The Morgan fingerprint density at radius 3 is 1.86 bits per heavy atom. The molecular weight excluding hydrogens is 190 g/mol. The van der Waals surface area contributed by atoms with E-state index in [2.05, 4.69) is 0 Å². The van der Waals surface area contributed by atoms with E-state index in [4.69, 9.17) is 5.11 Å². The second-order valence-corrected chi connectivity index (χ2v) is 4.17. The fourth-order valence-corrected chi connectivity index (χ4v) is 1.40. The highest BCUT2D eigenvalue weighted by Gasteiger charge is 2.69. The van der Waals surface area contributed by atoms with E-state index in [0.717, 1.165) is 0 Å². The molecular formula is C8H13NO5. The summed E-state index contributed by atoms with van der Waals surface area (Å²) in [5, 5.41) is 30.1. The molecule has 6 heteroatoms. The van der Waals surface area contributed by atoms with Crippen molar-refractivity contribution in [2.75, 3.05) is 0 Å². The number of nitrogens with one attached hydrogen (secondary N) is 1. The van der Waals surface area contributed by atoms with Crippen LogP contribution in [0.5, 0.6) is 0 Å². The second kappa shape index (κ2) is 2.46. The topological polar surface area (TPSA) is 107 Å². The van der Waals surface area contributed by atoms with E-state index in [0.29, 0.717) is 0 Å². The number of carboxylic acids is 1. The zero-order chi connectivity index (χ0) is 11.4. The predicted molar refractivity (Wildman–Crippen MR) is 45.1 cm³/mol. The SMILES string of the molecule is CC1(C)[C@](C)(O)C(=O)N[C@]1(O)C(=O)O. The number of rotatable bonds is 1. The largest absolute Gasteiger partial charge is 0.478 e. The minimum Gasteiger partial charge on any atom is -0.478 e. The first-order valence-corrected chi connectivity index (χ1v) is 4.08. The summed E-state index contributed by atoms with van der Waals surface area (Å²) in [6.45, 7) is 3.78. The van der Waals surface area contributed by atoms with Crippen molar-refractivity contribution in [1.82, 2.24) is 5.32 Å². The molecule has 0 aromatic carbocycles. The van der Waals surface area contributed by atoms with Crippen LogP contribution < -0.4 is 5.32 Å². The van der Waals surface area contributed by atoms with Crippen LogP contribution in [0.15, 0.2) is 0 Å².